The number of carbonyl (C=O) groups is 1. The minimum Gasteiger partial charge on any atom is -0.497 e. The molecule has 0 spiro atoms. The van der Waals surface area contributed by atoms with Gasteiger partial charge in [-0.15, -0.1) is 0 Å². The molecule has 3 aromatic carbocycles. The van der Waals surface area contributed by atoms with Crippen LogP contribution in [0.5, 0.6) is 5.75 Å². The lowest BCUT2D eigenvalue weighted by Crippen LogP contribution is -2.00. The maximum atomic E-state index is 12.6. The highest BCUT2D eigenvalue weighted by Crippen LogP contribution is 2.19. The molecule has 0 atom stereocenters. The summed E-state index contributed by atoms with van der Waals surface area (Å²) in [5.41, 5.74) is 4.17. The van der Waals surface area contributed by atoms with Gasteiger partial charge in [-0.2, -0.15) is 0 Å². The number of ether oxygens (including phenoxy) is 1. The number of aromatic nitrogens is 2. The van der Waals surface area contributed by atoms with Crippen molar-refractivity contribution in [3.8, 4) is 5.75 Å². The van der Waals surface area contributed by atoms with Gasteiger partial charge in [0.25, 0.3) is 0 Å². The van der Waals surface area contributed by atoms with Gasteiger partial charge in [0, 0.05) is 17.5 Å². The van der Waals surface area contributed by atoms with Gasteiger partial charge in [0.2, 0.25) is 0 Å². The lowest BCUT2D eigenvalue weighted by atomic mass is 10.0. The SMILES string of the molecule is COc1cccc(Cc2nc3ccc(C(=O)c4ccccc4)cc3[nH]2)c1. The molecule has 4 nitrogen and oxygen atoms in total. The number of benzene rings is 3. The first-order valence-electron chi connectivity index (χ1n) is 8.44. The van der Waals surface area contributed by atoms with Gasteiger partial charge < -0.3 is 9.72 Å². The largest absolute Gasteiger partial charge is 0.497 e. The second-order valence-corrected chi connectivity index (χ2v) is 6.14. The van der Waals surface area contributed by atoms with E-state index >= 15 is 0 Å². The van der Waals surface area contributed by atoms with Crippen LogP contribution in [0.25, 0.3) is 11.0 Å². The summed E-state index contributed by atoms with van der Waals surface area (Å²) in [6.45, 7) is 0. The zero-order valence-corrected chi connectivity index (χ0v) is 14.4. The lowest BCUT2D eigenvalue weighted by molar-refractivity contribution is 0.103. The van der Waals surface area contributed by atoms with Crippen molar-refractivity contribution in [2.45, 2.75) is 6.42 Å². The Balaban J connectivity index is 1.62. The first-order valence-corrected chi connectivity index (χ1v) is 8.44. The predicted octanol–water partition coefficient (Wildman–Crippen LogP) is 4.39. The van der Waals surface area contributed by atoms with Gasteiger partial charge in [0.05, 0.1) is 18.1 Å². The smallest absolute Gasteiger partial charge is 0.193 e. The molecule has 0 unspecified atom stereocenters. The first-order chi connectivity index (χ1) is 12.7. The third-order valence-corrected chi connectivity index (χ3v) is 4.33. The number of aromatic amines is 1. The number of fused-ring (bicyclic) bond motifs is 1. The van der Waals surface area contributed by atoms with Crippen molar-refractivity contribution < 1.29 is 9.53 Å². The molecule has 0 aliphatic rings. The third-order valence-electron chi connectivity index (χ3n) is 4.33. The molecule has 4 aromatic rings. The van der Waals surface area contributed by atoms with Gasteiger partial charge in [-0.1, -0.05) is 42.5 Å². The molecule has 0 aliphatic heterocycles. The Hall–Kier alpha value is -3.40. The van der Waals surface area contributed by atoms with E-state index in [1.165, 1.54) is 0 Å². The number of rotatable bonds is 5. The molecule has 1 N–H and O–H groups in total. The number of H-pyrrole nitrogens is 1. The average Bonchev–Trinajstić information content (AvgIpc) is 3.09. The lowest BCUT2D eigenvalue weighted by Gasteiger charge is -2.02. The van der Waals surface area contributed by atoms with Crippen molar-refractivity contribution in [1.29, 1.82) is 0 Å². The quantitative estimate of drug-likeness (QED) is 0.547. The van der Waals surface area contributed by atoms with Crippen LogP contribution in [0.1, 0.15) is 27.3 Å². The number of nitrogens with one attached hydrogen (secondary N) is 1. The Bertz CT molecular complexity index is 1070. The van der Waals surface area contributed by atoms with E-state index in [0.29, 0.717) is 17.5 Å². The number of ketones is 1. The Morgan fingerprint density at radius 3 is 2.62 bits per heavy atom. The van der Waals surface area contributed by atoms with Crippen LogP contribution in [0, 0.1) is 0 Å². The highest BCUT2D eigenvalue weighted by molar-refractivity contribution is 6.10. The van der Waals surface area contributed by atoms with Crippen molar-refractivity contribution in [2.75, 3.05) is 7.11 Å². The van der Waals surface area contributed by atoms with E-state index in [9.17, 15) is 4.79 Å². The van der Waals surface area contributed by atoms with Crippen LogP contribution >= 0.6 is 0 Å². The second kappa shape index (κ2) is 6.84. The summed E-state index contributed by atoms with van der Waals surface area (Å²) in [6, 6.07) is 22.8. The molecule has 4 heteroatoms. The van der Waals surface area contributed by atoms with Gasteiger partial charge in [-0.05, 0) is 35.9 Å². The fraction of sp³-hybridized carbons (Fsp3) is 0.0909. The standard InChI is InChI=1S/C22H18N2O2/c1-26-18-9-5-6-15(12-18)13-21-23-19-11-10-17(14-20(19)24-21)22(25)16-7-3-2-4-8-16/h2-12,14H,13H2,1H3,(H,23,24). The number of carbonyl (C=O) groups excluding carboxylic acids is 1. The second-order valence-electron chi connectivity index (χ2n) is 6.14. The highest BCUT2D eigenvalue weighted by atomic mass is 16.5. The Labute approximate surface area is 151 Å². The van der Waals surface area contributed by atoms with Crippen LogP contribution < -0.4 is 4.74 Å². The van der Waals surface area contributed by atoms with Crippen LogP contribution in [0.2, 0.25) is 0 Å². The Morgan fingerprint density at radius 1 is 0.962 bits per heavy atom. The normalized spacial score (nSPS) is 10.8. The number of imidazole rings is 1. The Kier molecular flexibility index (Phi) is 4.23. The van der Waals surface area contributed by atoms with Crippen molar-refractivity contribution in [1.82, 2.24) is 9.97 Å². The first kappa shape index (κ1) is 16.1. The fourth-order valence-electron chi connectivity index (χ4n) is 3.02. The topological polar surface area (TPSA) is 55.0 Å². The van der Waals surface area contributed by atoms with Crippen molar-refractivity contribution in [3.63, 3.8) is 0 Å². The summed E-state index contributed by atoms with van der Waals surface area (Å²) < 4.78 is 5.27. The van der Waals surface area contributed by atoms with Crippen molar-refractivity contribution in [3.05, 3.63) is 95.3 Å². The van der Waals surface area contributed by atoms with E-state index in [0.717, 1.165) is 28.2 Å². The van der Waals surface area contributed by atoms with Gasteiger partial charge in [0.1, 0.15) is 11.6 Å². The summed E-state index contributed by atoms with van der Waals surface area (Å²) >= 11 is 0. The molecule has 4 rings (SSSR count). The van der Waals surface area contributed by atoms with Gasteiger partial charge in [-0.3, -0.25) is 4.79 Å². The van der Waals surface area contributed by atoms with Gasteiger partial charge >= 0.3 is 0 Å². The number of methoxy groups -OCH3 is 1. The number of hydrogen-bond donors (Lipinski definition) is 1. The molecule has 0 aliphatic carbocycles. The summed E-state index contributed by atoms with van der Waals surface area (Å²) in [4.78, 5) is 20.6. The minimum atomic E-state index is 0.0106. The van der Waals surface area contributed by atoms with Crippen LogP contribution in [-0.4, -0.2) is 22.9 Å². The van der Waals surface area contributed by atoms with E-state index in [1.54, 1.807) is 7.11 Å². The van der Waals surface area contributed by atoms with Crippen LogP contribution in [-0.2, 0) is 6.42 Å². The number of hydrogen-bond acceptors (Lipinski definition) is 3. The zero-order chi connectivity index (χ0) is 17.9. The third kappa shape index (κ3) is 3.22. The molecular formula is C22H18N2O2. The van der Waals surface area contributed by atoms with E-state index < -0.39 is 0 Å². The molecule has 1 aromatic heterocycles. The molecular weight excluding hydrogens is 324 g/mol. The maximum Gasteiger partial charge on any atom is 0.193 e. The molecule has 0 fully saturated rings. The molecule has 0 bridgehead atoms. The van der Waals surface area contributed by atoms with Crippen LogP contribution in [0.4, 0.5) is 0 Å². The summed E-state index contributed by atoms with van der Waals surface area (Å²) in [7, 11) is 1.66. The van der Waals surface area contributed by atoms with E-state index in [4.69, 9.17) is 4.74 Å². The van der Waals surface area contributed by atoms with E-state index in [-0.39, 0.29) is 5.78 Å². The fourth-order valence-corrected chi connectivity index (χ4v) is 3.02. The van der Waals surface area contributed by atoms with Gasteiger partial charge in [-0.25, -0.2) is 4.98 Å². The van der Waals surface area contributed by atoms with Gasteiger partial charge in [0.15, 0.2) is 5.78 Å². The maximum absolute atomic E-state index is 12.6. The summed E-state index contributed by atoms with van der Waals surface area (Å²) in [5.74, 6) is 1.70. The van der Waals surface area contributed by atoms with Crippen molar-refractivity contribution >= 4 is 16.8 Å². The monoisotopic (exact) mass is 342 g/mol. The summed E-state index contributed by atoms with van der Waals surface area (Å²) in [5, 5.41) is 0. The van der Waals surface area contributed by atoms with E-state index in [1.807, 2.05) is 72.8 Å². The molecule has 128 valence electrons. The molecule has 0 radical (unpaired) electrons. The molecule has 26 heavy (non-hydrogen) atoms. The Morgan fingerprint density at radius 2 is 1.81 bits per heavy atom. The van der Waals surface area contributed by atoms with Crippen LogP contribution in [0.3, 0.4) is 0 Å². The molecule has 1 heterocycles. The molecule has 0 saturated heterocycles. The molecule has 0 amide bonds. The number of nitrogens with zero attached hydrogens (tertiary/aromatic N) is 1. The van der Waals surface area contributed by atoms with Crippen molar-refractivity contribution in [2.24, 2.45) is 0 Å². The van der Waals surface area contributed by atoms with Crippen LogP contribution in [0.15, 0.2) is 72.8 Å². The average molecular weight is 342 g/mol. The minimum absolute atomic E-state index is 0.0106. The summed E-state index contributed by atoms with van der Waals surface area (Å²) in [6.07, 6.45) is 0.674. The molecule has 0 saturated carbocycles. The highest BCUT2D eigenvalue weighted by Gasteiger charge is 2.11. The van der Waals surface area contributed by atoms with E-state index in [2.05, 4.69) is 9.97 Å². The predicted molar refractivity (Wildman–Crippen MR) is 102 cm³/mol. The zero-order valence-electron chi connectivity index (χ0n) is 14.4.